The van der Waals surface area contributed by atoms with E-state index in [0.717, 1.165) is 61.2 Å². The summed E-state index contributed by atoms with van der Waals surface area (Å²) in [6, 6.07) is 8.05. The fourth-order valence-electron chi connectivity index (χ4n) is 4.70. The Balaban J connectivity index is 1.32. The zero-order valence-corrected chi connectivity index (χ0v) is 15.1. The Morgan fingerprint density at radius 2 is 2.22 bits per heavy atom. The van der Waals surface area contributed by atoms with Crippen molar-refractivity contribution in [2.45, 2.75) is 44.2 Å². The Kier molecular flexibility index (Phi) is 3.97. The second-order valence-electron chi connectivity index (χ2n) is 7.62. The maximum atomic E-state index is 12.6. The molecule has 0 aliphatic carbocycles. The van der Waals surface area contributed by atoms with Crippen molar-refractivity contribution in [2.75, 3.05) is 18.4 Å². The summed E-state index contributed by atoms with van der Waals surface area (Å²) in [5, 5.41) is 13.5. The van der Waals surface area contributed by atoms with Gasteiger partial charge in [-0.1, -0.05) is 12.1 Å². The van der Waals surface area contributed by atoms with Crippen LogP contribution in [0.1, 0.15) is 64.9 Å². The number of aromatic nitrogens is 2. The third kappa shape index (κ3) is 2.82. The molecular weight excluding hydrogens is 342 g/mol. The van der Waals surface area contributed by atoms with Crippen molar-refractivity contribution in [3.8, 4) is 0 Å². The average Bonchev–Trinajstić information content (AvgIpc) is 3.42. The van der Waals surface area contributed by atoms with Crippen molar-refractivity contribution in [1.82, 2.24) is 20.4 Å². The van der Waals surface area contributed by atoms with Gasteiger partial charge in [0.2, 0.25) is 5.91 Å². The second-order valence-corrected chi connectivity index (χ2v) is 7.62. The molecule has 1 aromatic carbocycles. The number of hydrogen-bond donors (Lipinski definition) is 3. The van der Waals surface area contributed by atoms with Crippen molar-refractivity contribution >= 4 is 17.6 Å². The van der Waals surface area contributed by atoms with E-state index in [-0.39, 0.29) is 24.3 Å². The number of benzene rings is 1. The number of fused-ring (bicyclic) bond motifs is 3. The molecule has 3 aliphatic heterocycles. The highest BCUT2D eigenvalue weighted by molar-refractivity contribution is 6.00. The molecule has 0 spiro atoms. The highest BCUT2D eigenvalue weighted by Gasteiger charge is 2.40. The minimum Gasteiger partial charge on any atom is -0.332 e. The first-order valence-corrected chi connectivity index (χ1v) is 9.72. The first-order chi connectivity index (χ1) is 13.2. The minimum absolute atomic E-state index is 0.107. The highest BCUT2D eigenvalue weighted by Crippen LogP contribution is 2.42. The number of amides is 2. The molecule has 7 nitrogen and oxygen atoms in total. The number of rotatable bonds is 4. The largest absolute Gasteiger partial charge is 0.332 e. The van der Waals surface area contributed by atoms with E-state index in [1.54, 1.807) is 0 Å². The smallest absolute Gasteiger partial charge is 0.254 e. The molecular formula is C20H23N5O2. The third-order valence-corrected chi connectivity index (χ3v) is 5.93. The number of carbonyl (C=O) groups is 2. The molecule has 2 saturated heterocycles. The maximum absolute atomic E-state index is 12.6. The van der Waals surface area contributed by atoms with Crippen LogP contribution in [0.2, 0.25) is 0 Å². The second kappa shape index (κ2) is 6.49. The summed E-state index contributed by atoms with van der Waals surface area (Å²) >= 11 is 0. The lowest BCUT2D eigenvalue weighted by Gasteiger charge is -2.16. The summed E-state index contributed by atoms with van der Waals surface area (Å²) in [6.45, 7) is 1.83. The summed E-state index contributed by atoms with van der Waals surface area (Å²) in [4.78, 5) is 27.1. The van der Waals surface area contributed by atoms with Crippen molar-refractivity contribution in [3.05, 3.63) is 46.6 Å². The predicted molar refractivity (Wildman–Crippen MR) is 100 cm³/mol. The lowest BCUT2D eigenvalue weighted by atomic mass is 9.94. The van der Waals surface area contributed by atoms with Crippen LogP contribution in [-0.4, -0.2) is 40.0 Å². The normalized spacial score (nSPS) is 23.6. The molecule has 3 N–H and O–H groups in total. The van der Waals surface area contributed by atoms with Gasteiger partial charge in [0.05, 0.1) is 18.2 Å². The van der Waals surface area contributed by atoms with Crippen molar-refractivity contribution in [3.63, 3.8) is 0 Å². The van der Waals surface area contributed by atoms with Gasteiger partial charge in [-0.2, -0.15) is 5.10 Å². The van der Waals surface area contributed by atoms with Gasteiger partial charge in [0.25, 0.3) is 5.91 Å². The van der Waals surface area contributed by atoms with Crippen LogP contribution < -0.4 is 10.6 Å². The molecule has 1 aromatic heterocycles. The fraction of sp³-hybridized carbons (Fsp3) is 0.450. The number of nitrogens with zero attached hydrogens (tertiary/aromatic N) is 2. The van der Waals surface area contributed by atoms with Crippen LogP contribution in [0.25, 0.3) is 0 Å². The first-order valence-electron chi connectivity index (χ1n) is 9.72. The van der Waals surface area contributed by atoms with E-state index in [4.69, 9.17) is 0 Å². The summed E-state index contributed by atoms with van der Waals surface area (Å²) in [7, 11) is 0. The minimum atomic E-state index is -0.107. The van der Waals surface area contributed by atoms with Gasteiger partial charge < -0.3 is 15.5 Å². The zero-order valence-electron chi connectivity index (χ0n) is 15.1. The molecule has 2 fully saturated rings. The number of aromatic amines is 1. The summed E-state index contributed by atoms with van der Waals surface area (Å²) < 4.78 is 0. The molecule has 2 amide bonds. The lowest BCUT2D eigenvalue weighted by molar-refractivity contribution is -0.115. The molecule has 2 aromatic rings. The van der Waals surface area contributed by atoms with E-state index in [0.29, 0.717) is 11.9 Å². The maximum Gasteiger partial charge on any atom is 0.254 e. The Bertz CT molecular complexity index is 900. The van der Waals surface area contributed by atoms with Crippen LogP contribution >= 0.6 is 0 Å². The van der Waals surface area contributed by atoms with Gasteiger partial charge in [0.15, 0.2) is 5.82 Å². The quantitative estimate of drug-likeness (QED) is 0.776. The van der Waals surface area contributed by atoms with Crippen LogP contribution in [-0.2, 0) is 11.2 Å². The van der Waals surface area contributed by atoms with Crippen LogP contribution in [0.5, 0.6) is 0 Å². The predicted octanol–water partition coefficient (Wildman–Crippen LogP) is 2.31. The highest BCUT2D eigenvalue weighted by atomic mass is 16.2. The van der Waals surface area contributed by atoms with E-state index in [2.05, 4.69) is 20.8 Å². The fourth-order valence-corrected chi connectivity index (χ4v) is 4.70. The third-order valence-electron chi connectivity index (χ3n) is 5.93. The van der Waals surface area contributed by atoms with E-state index in [1.165, 1.54) is 0 Å². The van der Waals surface area contributed by atoms with E-state index < -0.39 is 0 Å². The molecule has 4 heterocycles. The summed E-state index contributed by atoms with van der Waals surface area (Å²) in [6.07, 6.45) is 4.50. The Hall–Kier alpha value is -2.67. The van der Waals surface area contributed by atoms with Gasteiger partial charge in [-0.15, -0.1) is 0 Å². The van der Waals surface area contributed by atoms with Gasteiger partial charge in [0, 0.05) is 24.2 Å². The molecule has 0 saturated carbocycles. The summed E-state index contributed by atoms with van der Waals surface area (Å²) in [5.41, 5.74) is 3.77. The molecule has 5 rings (SSSR count). The number of anilines is 1. The molecule has 0 radical (unpaired) electrons. The standard InChI is InChI=1S/C20H23N5O2/c26-18(22-17-11-15(23-24-17)14-6-2-8-21-14)10-12-4-1-5-13-19(12)16-7-3-9-25(16)20(13)27/h1,4-5,11,14,16,21H,2-3,6-10H2,(H2,22,23,24,26). The van der Waals surface area contributed by atoms with Gasteiger partial charge in [0.1, 0.15) is 0 Å². The number of carbonyl (C=O) groups excluding carboxylic acids is 2. The van der Waals surface area contributed by atoms with Gasteiger partial charge in [-0.05, 0) is 49.4 Å². The summed E-state index contributed by atoms with van der Waals surface area (Å²) in [5.74, 6) is 0.551. The van der Waals surface area contributed by atoms with Gasteiger partial charge >= 0.3 is 0 Å². The molecule has 0 bridgehead atoms. The van der Waals surface area contributed by atoms with Gasteiger partial charge in [-0.25, -0.2) is 0 Å². The first kappa shape index (κ1) is 16.5. The van der Waals surface area contributed by atoms with Crippen molar-refractivity contribution < 1.29 is 9.59 Å². The number of nitrogens with one attached hydrogen (secondary N) is 3. The Morgan fingerprint density at radius 3 is 3.07 bits per heavy atom. The average molecular weight is 365 g/mol. The number of hydrogen-bond acceptors (Lipinski definition) is 4. The van der Waals surface area contributed by atoms with E-state index in [9.17, 15) is 9.59 Å². The molecule has 7 heteroatoms. The topological polar surface area (TPSA) is 90.1 Å². The van der Waals surface area contributed by atoms with Crippen LogP contribution in [0.4, 0.5) is 5.82 Å². The van der Waals surface area contributed by atoms with Gasteiger partial charge in [-0.3, -0.25) is 14.7 Å². The zero-order chi connectivity index (χ0) is 18.4. The van der Waals surface area contributed by atoms with Crippen LogP contribution in [0, 0.1) is 0 Å². The Labute approximate surface area is 157 Å². The molecule has 2 atom stereocenters. The van der Waals surface area contributed by atoms with Crippen molar-refractivity contribution in [2.24, 2.45) is 0 Å². The van der Waals surface area contributed by atoms with Crippen molar-refractivity contribution in [1.29, 1.82) is 0 Å². The van der Waals surface area contributed by atoms with Crippen LogP contribution in [0.3, 0.4) is 0 Å². The monoisotopic (exact) mass is 365 g/mol. The number of H-pyrrole nitrogens is 1. The van der Waals surface area contributed by atoms with Crippen LogP contribution in [0.15, 0.2) is 24.3 Å². The Morgan fingerprint density at radius 1 is 1.30 bits per heavy atom. The van der Waals surface area contributed by atoms with E-state index in [1.807, 2.05) is 29.2 Å². The molecule has 27 heavy (non-hydrogen) atoms. The molecule has 3 aliphatic rings. The van der Waals surface area contributed by atoms with E-state index >= 15 is 0 Å². The lowest BCUT2D eigenvalue weighted by Crippen LogP contribution is -2.22. The molecule has 2 unspecified atom stereocenters. The SMILES string of the molecule is O=C(Cc1cccc2c1C1CCCN1C2=O)Nc1cc(C2CCCN2)[nH]n1. The molecule has 140 valence electrons.